The van der Waals surface area contributed by atoms with Gasteiger partial charge in [-0.25, -0.2) is 0 Å². The predicted octanol–water partition coefficient (Wildman–Crippen LogP) is 4.81. The van der Waals surface area contributed by atoms with E-state index in [1.54, 1.807) is 25.3 Å². The van der Waals surface area contributed by atoms with E-state index in [0.29, 0.717) is 10.8 Å². The number of benzene rings is 3. The Morgan fingerprint density at radius 3 is 2.60 bits per heavy atom. The van der Waals surface area contributed by atoms with Crippen LogP contribution in [0.5, 0.6) is 11.5 Å². The Morgan fingerprint density at radius 2 is 1.83 bits per heavy atom. The quantitative estimate of drug-likeness (QED) is 0.519. The van der Waals surface area contributed by atoms with Gasteiger partial charge in [-0.3, -0.25) is 4.79 Å². The molecule has 7 heteroatoms. The second-order valence-corrected chi connectivity index (χ2v) is 7.74. The van der Waals surface area contributed by atoms with E-state index in [9.17, 15) is 9.90 Å². The molecule has 30 heavy (non-hydrogen) atoms. The van der Waals surface area contributed by atoms with Crippen LogP contribution in [0.3, 0.4) is 0 Å². The normalized spacial score (nSPS) is 13.0. The maximum absolute atomic E-state index is 12.5. The molecular weight excluding hydrogens is 425 g/mol. The molecule has 5 nitrogen and oxygen atoms in total. The molecule has 0 bridgehead atoms. The largest absolute Gasteiger partial charge is 0.497 e. The number of aliphatic hydroxyl groups is 1. The SMILES string of the molecule is COc1ccc2cc([C@H](C)C(=O)NCC(O)COc3cccc(Cl)c3Cl)ccc2c1. The predicted molar refractivity (Wildman–Crippen MR) is 120 cm³/mol. The lowest BCUT2D eigenvalue weighted by Gasteiger charge is -2.17. The smallest absolute Gasteiger partial charge is 0.227 e. The molecule has 0 aliphatic carbocycles. The summed E-state index contributed by atoms with van der Waals surface area (Å²) in [6.07, 6.45) is -0.889. The Bertz CT molecular complexity index is 1040. The summed E-state index contributed by atoms with van der Waals surface area (Å²) in [5.74, 6) is 0.627. The summed E-state index contributed by atoms with van der Waals surface area (Å²) >= 11 is 12.0. The Balaban J connectivity index is 1.55. The van der Waals surface area contributed by atoms with Crippen LogP contribution < -0.4 is 14.8 Å². The van der Waals surface area contributed by atoms with Gasteiger partial charge in [0.05, 0.1) is 18.1 Å². The average Bonchev–Trinajstić information content (AvgIpc) is 2.77. The maximum atomic E-state index is 12.5. The summed E-state index contributed by atoms with van der Waals surface area (Å²) in [5.41, 5.74) is 0.890. The van der Waals surface area contributed by atoms with Gasteiger partial charge in [0.2, 0.25) is 5.91 Å². The number of amides is 1. The molecule has 0 aliphatic heterocycles. The molecule has 0 saturated carbocycles. The molecule has 1 unspecified atom stereocenters. The first-order valence-corrected chi connectivity index (χ1v) is 10.2. The number of rotatable bonds is 8. The van der Waals surface area contributed by atoms with Crippen molar-refractivity contribution in [1.29, 1.82) is 0 Å². The zero-order valence-corrected chi connectivity index (χ0v) is 18.2. The van der Waals surface area contributed by atoms with Crippen molar-refractivity contribution < 1.29 is 19.4 Å². The van der Waals surface area contributed by atoms with Crippen LogP contribution in [-0.2, 0) is 4.79 Å². The lowest BCUT2D eigenvalue weighted by molar-refractivity contribution is -0.122. The summed E-state index contributed by atoms with van der Waals surface area (Å²) in [5, 5.41) is 15.6. The number of fused-ring (bicyclic) bond motifs is 1. The molecule has 2 N–H and O–H groups in total. The lowest BCUT2D eigenvalue weighted by atomic mass is 9.97. The Labute approximate surface area is 185 Å². The van der Waals surface area contributed by atoms with Crippen molar-refractivity contribution in [3.05, 3.63) is 70.2 Å². The Hall–Kier alpha value is -2.47. The molecule has 2 atom stereocenters. The second kappa shape index (κ2) is 10.0. The minimum Gasteiger partial charge on any atom is -0.497 e. The van der Waals surface area contributed by atoms with E-state index in [2.05, 4.69) is 5.32 Å². The lowest BCUT2D eigenvalue weighted by Crippen LogP contribution is -2.37. The standard InChI is InChI=1S/C23H23Cl2NO4/c1-14(15-6-7-17-11-19(29-2)9-8-16(17)10-15)23(28)26-12-18(27)13-30-21-5-3-4-20(24)22(21)25/h3-11,14,18,27H,12-13H2,1-2H3,(H,26,28)/t14-,18?/m0/s1. The molecule has 3 aromatic carbocycles. The summed E-state index contributed by atoms with van der Waals surface area (Å²) in [7, 11) is 1.63. The second-order valence-electron chi connectivity index (χ2n) is 6.96. The summed E-state index contributed by atoms with van der Waals surface area (Å²) in [4.78, 5) is 12.5. The molecule has 3 rings (SSSR count). The number of carbonyl (C=O) groups excluding carboxylic acids is 1. The molecule has 0 spiro atoms. The van der Waals surface area contributed by atoms with Crippen LogP contribution in [-0.4, -0.2) is 37.4 Å². The van der Waals surface area contributed by atoms with Gasteiger partial charge in [0.1, 0.15) is 29.2 Å². The van der Waals surface area contributed by atoms with Crippen LogP contribution in [0.15, 0.2) is 54.6 Å². The first-order chi connectivity index (χ1) is 14.4. The fourth-order valence-corrected chi connectivity index (χ4v) is 3.35. The van der Waals surface area contributed by atoms with Crippen molar-refractivity contribution in [1.82, 2.24) is 5.32 Å². The number of ether oxygens (including phenoxy) is 2. The van der Waals surface area contributed by atoms with Crippen LogP contribution >= 0.6 is 23.2 Å². The number of carbonyl (C=O) groups is 1. The van der Waals surface area contributed by atoms with Crippen molar-refractivity contribution in [3.8, 4) is 11.5 Å². The minimum atomic E-state index is -0.889. The summed E-state index contributed by atoms with van der Waals surface area (Å²) in [6.45, 7) is 1.87. The highest BCUT2D eigenvalue weighted by molar-refractivity contribution is 6.42. The highest BCUT2D eigenvalue weighted by Gasteiger charge is 2.17. The van der Waals surface area contributed by atoms with Crippen LogP contribution in [0, 0.1) is 0 Å². The van der Waals surface area contributed by atoms with E-state index in [1.165, 1.54) is 0 Å². The highest BCUT2D eigenvalue weighted by atomic mass is 35.5. The van der Waals surface area contributed by atoms with E-state index in [1.807, 2.05) is 43.3 Å². The molecular formula is C23H23Cl2NO4. The summed E-state index contributed by atoms with van der Waals surface area (Å²) in [6, 6.07) is 16.7. The third-order valence-electron chi connectivity index (χ3n) is 4.82. The fraction of sp³-hybridized carbons (Fsp3) is 0.261. The van der Waals surface area contributed by atoms with Gasteiger partial charge >= 0.3 is 0 Å². The first kappa shape index (κ1) is 22.2. The van der Waals surface area contributed by atoms with Gasteiger partial charge in [0.25, 0.3) is 0 Å². The number of aliphatic hydroxyl groups excluding tert-OH is 1. The summed E-state index contributed by atoms with van der Waals surface area (Å²) < 4.78 is 10.7. The Kier molecular flexibility index (Phi) is 7.43. The number of hydrogen-bond acceptors (Lipinski definition) is 4. The fourth-order valence-electron chi connectivity index (χ4n) is 3.00. The van der Waals surface area contributed by atoms with Gasteiger partial charge < -0.3 is 19.9 Å². The zero-order chi connectivity index (χ0) is 21.7. The molecule has 0 aliphatic rings. The molecule has 0 fully saturated rings. The number of methoxy groups -OCH3 is 1. The van der Waals surface area contributed by atoms with Gasteiger partial charge in [-0.1, -0.05) is 53.5 Å². The highest BCUT2D eigenvalue weighted by Crippen LogP contribution is 2.31. The van der Waals surface area contributed by atoms with Crippen molar-refractivity contribution in [3.63, 3.8) is 0 Å². The van der Waals surface area contributed by atoms with E-state index in [4.69, 9.17) is 32.7 Å². The molecule has 158 valence electrons. The van der Waals surface area contributed by atoms with Crippen molar-refractivity contribution in [2.24, 2.45) is 0 Å². The topological polar surface area (TPSA) is 67.8 Å². The Morgan fingerprint density at radius 1 is 1.10 bits per heavy atom. The molecule has 0 heterocycles. The molecule has 3 aromatic rings. The maximum Gasteiger partial charge on any atom is 0.227 e. The van der Waals surface area contributed by atoms with Crippen LogP contribution in [0.2, 0.25) is 10.0 Å². The van der Waals surface area contributed by atoms with E-state index in [0.717, 1.165) is 22.1 Å². The van der Waals surface area contributed by atoms with E-state index >= 15 is 0 Å². The molecule has 0 radical (unpaired) electrons. The van der Waals surface area contributed by atoms with Crippen LogP contribution in [0.25, 0.3) is 10.8 Å². The third-order valence-corrected chi connectivity index (χ3v) is 5.63. The van der Waals surface area contributed by atoms with Gasteiger partial charge in [-0.05, 0) is 47.5 Å². The van der Waals surface area contributed by atoms with Gasteiger partial charge in [0.15, 0.2) is 0 Å². The van der Waals surface area contributed by atoms with Crippen molar-refractivity contribution in [2.75, 3.05) is 20.3 Å². The van der Waals surface area contributed by atoms with Gasteiger partial charge in [0, 0.05) is 6.54 Å². The molecule has 0 saturated heterocycles. The number of hydrogen-bond donors (Lipinski definition) is 2. The monoisotopic (exact) mass is 447 g/mol. The molecule has 1 amide bonds. The van der Waals surface area contributed by atoms with Gasteiger partial charge in [-0.2, -0.15) is 0 Å². The average molecular weight is 448 g/mol. The minimum absolute atomic E-state index is 0.0213. The first-order valence-electron chi connectivity index (χ1n) is 9.49. The third kappa shape index (κ3) is 5.36. The van der Waals surface area contributed by atoms with Crippen LogP contribution in [0.1, 0.15) is 18.4 Å². The van der Waals surface area contributed by atoms with Crippen LogP contribution in [0.4, 0.5) is 0 Å². The van der Waals surface area contributed by atoms with Crippen molar-refractivity contribution >= 4 is 39.9 Å². The van der Waals surface area contributed by atoms with Gasteiger partial charge in [-0.15, -0.1) is 0 Å². The number of nitrogens with one attached hydrogen (secondary N) is 1. The zero-order valence-electron chi connectivity index (χ0n) is 16.7. The van der Waals surface area contributed by atoms with Crippen molar-refractivity contribution in [2.45, 2.75) is 18.9 Å². The van der Waals surface area contributed by atoms with E-state index < -0.39 is 6.10 Å². The van der Waals surface area contributed by atoms with E-state index in [-0.39, 0.29) is 30.0 Å². The number of halogens is 2. The molecule has 0 aromatic heterocycles.